The number of aromatic nitrogens is 5. The summed E-state index contributed by atoms with van der Waals surface area (Å²) in [5.74, 6) is 1.42. The second-order valence-corrected chi connectivity index (χ2v) is 10.6. The summed E-state index contributed by atoms with van der Waals surface area (Å²) in [7, 11) is 1.63. The molecule has 1 N–H and O–H groups in total. The molecule has 6 rings (SSSR count). The van der Waals surface area contributed by atoms with E-state index >= 15 is 0 Å². The van der Waals surface area contributed by atoms with Crippen LogP contribution in [-0.4, -0.2) is 87.0 Å². The molecule has 3 aliphatic rings. The van der Waals surface area contributed by atoms with Gasteiger partial charge in [0, 0.05) is 50.5 Å². The number of piperazine rings is 1. The van der Waals surface area contributed by atoms with Crippen LogP contribution in [0.5, 0.6) is 5.75 Å². The molecule has 2 aromatic heterocycles. The fourth-order valence-corrected chi connectivity index (χ4v) is 6.35. The molecule has 0 radical (unpaired) electrons. The highest BCUT2D eigenvalue weighted by Crippen LogP contribution is 2.31. The van der Waals surface area contributed by atoms with E-state index < -0.39 is 0 Å². The maximum atomic E-state index is 13.5. The average molecular weight is 508 g/mol. The Hall–Kier alpha value is -2.82. The summed E-state index contributed by atoms with van der Waals surface area (Å²) in [4.78, 5) is 21.7. The van der Waals surface area contributed by atoms with Gasteiger partial charge < -0.3 is 14.5 Å². The third kappa shape index (κ3) is 5.15. The first-order chi connectivity index (χ1) is 18.2. The van der Waals surface area contributed by atoms with Crippen LogP contribution in [0.4, 0.5) is 0 Å². The summed E-state index contributed by atoms with van der Waals surface area (Å²) in [6.07, 6.45) is 8.81. The molecule has 1 saturated carbocycles. The number of pyridine rings is 1. The summed E-state index contributed by atoms with van der Waals surface area (Å²) in [5, 5.41) is 13.8. The summed E-state index contributed by atoms with van der Waals surface area (Å²) in [6, 6.07) is 8.13. The van der Waals surface area contributed by atoms with Crippen LogP contribution in [0.1, 0.15) is 62.4 Å². The van der Waals surface area contributed by atoms with Gasteiger partial charge in [0.05, 0.1) is 25.3 Å². The highest BCUT2D eigenvalue weighted by molar-refractivity contribution is 5.80. The lowest BCUT2D eigenvalue weighted by atomic mass is 9.93. The second-order valence-electron chi connectivity index (χ2n) is 10.6. The van der Waals surface area contributed by atoms with Gasteiger partial charge in [0.25, 0.3) is 5.56 Å². The topological polar surface area (TPSA) is 101 Å². The van der Waals surface area contributed by atoms with Crippen molar-refractivity contribution in [1.29, 1.82) is 0 Å². The van der Waals surface area contributed by atoms with Gasteiger partial charge in [-0.1, -0.05) is 19.3 Å². The zero-order chi connectivity index (χ0) is 25.2. The van der Waals surface area contributed by atoms with Gasteiger partial charge in [-0.05, 0) is 59.7 Å². The Morgan fingerprint density at radius 3 is 2.68 bits per heavy atom. The summed E-state index contributed by atoms with van der Waals surface area (Å²) >= 11 is 0. The molecule has 2 saturated heterocycles. The molecule has 198 valence electrons. The van der Waals surface area contributed by atoms with Crippen molar-refractivity contribution in [3.8, 4) is 5.75 Å². The van der Waals surface area contributed by atoms with Crippen LogP contribution in [0.25, 0.3) is 10.9 Å². The molecule has 1 aromatic carbocycles. The van der Waals surface area contributed by atoms with Crippen molar-refractivity contribution in [2.45, 2.75) is 69.7 Å². The Morgan fingerprint density at radius 1 is 1.08 bits per heavy atom. The second kappa shape index (κ2) is 10.9. The zero-order valence-electron chi connectivity index (χ0n) is 21.6. The van der Waals surface area contributed by atoms with Gasteiger partial charge in [0.2, 0.25) is 0 Å². The normalized spacial score (nSPS) is 23.0. The van der Waals surface area contributed by atoms with Crippen LogP contribution in [-0.2, 0) is 11.3 Å². The maximum Gasteiger partial charge on any atom is 0.253 e. The number of fused-ring (bicyclic) bond motifs is 1. The Balaban J connectivity index is 1.34. The van der Waals surface area contributed by atoms with Crippen molar-refractivity contribution in [3.05, 3.63) is 46.0 Å². The van der Waals surface area contributed by atoms with E-state index in [4.69, 9.17) is 9.47 Å². The lowest BCUT2D eigenvalue weighted by Crippen LogP contribution is -2.52. The molecule has 0 bridgehead atoms. The number of tetrazole rings is 1. The van der Waals surface area contributed by atoms with Crippen LogP contribution in [0.15, 0.2) is 29.1 Å². The van der Waals surface area contributed by atoms with Gasteiger partial charge in [0.1, 0.15) is 11.8 Å². The lowest BCUT2D eigenvalue weighted by Gasteiger charge is -2.43. The van der Waals surface area contributed by atoms with E-state index in [-0.39, 0.29) is 17.7 Å². The molecular formula is C27H37N7O3. The first-order valence-corrected chi connectivity index (χ1v) is 13.8. The first-order valence-electron chi connectivity index (χ1n) is 13.8. The van der Waals surface area contributed by atoms with E-state index in [1.165, 1.54) is 32.1 Å². The molecule has 37 heavy (non-hydrogen) atoms. The van der Waals surface area contributed by atoms with Crippen LogP contribution in [0.3, 0.4) is 0 Å². The van der Waals surface area contributed by atoms with Gasteiger partial charge in [-0.2, -0.15) is 0 Å². The van der Waals surface area contributed by atoms with Gasteiger partial charge in [-0.15, -0.1) is 5.10 Å². The molecule has 1 aliphatic carbocycles. The van der Waals surface area contributed by atoms with Gasteiger partial charge in [-0.25, -0.2) is 4.68 Å². The third-order valence-electron chi connectivity index (χ3n) is 8.39. The van der Waals surface area contributed by atoms with E-state index in [9.17, 15) is 4.79 Å². The molecule has 0 spiro atoms. The number of rotatable bonds is 7. The van der Waals surface area contributed by atoms with Crippen molar-refractivity contribution in [2.24, 2.45) is 0 Å². The van der Waals surface area contributed by atoms with Crippen LogP contribution >= 0.6 is 0 Å². The van der Waals surface area contributed by atoms with E-state index in [0.717, 1.165) is 56.5 Å². The molecule has 4 heterocycles. The first kappa shape index (κ1) is 24.5. The minimum atomic E-state index is -0.333. The van der Waals surface area contributed by atoms with E-state index in [0.29, 0.717) is 29.7 Å². The number of aromatic amines is 1. The summed E-state index contributed by atoms with van der Waals surface area (Å²) < 4.78 is 13.1. The SMILES string of the molecule is COc1ccc2cc([C@@H](c3nnnn3C[C@@H]3CCCO3)N3CCN(C4CCCCC4)CC3)c(=O)[nH]c2c1. The van der Waals surface area contributed by atoms with Crippen LogP contribution < -0.4 is 10.3 Å². The molecule has 0 amide bonds. The lowest BCUT2D eigenvalue weighted by molar-refractivity contribution is 0.0593. The molecule has 2 aliphatic heterocycles. The number of nitrogens with zero attached hydrogens (tertiary/aromatic N) is 6. The molecule has 3 fully saturated rings. The van der Waals surface area contributed by atoms with Crippen molar-refractivity contribution in [2.75, 3.05) is 39.9 Å². The summed E-state index contributed by atoms with van der Waals surface area (Å²) in [5.41, 5.74) is 1.31. The predicted octanol–water partition coefficient (Wildman–Crippen LogP) is 2.74. The Bertz CT molecular complexity index is 1250. The largest absolute Gasteiger partial charge is 0.497 e. The maximum absolute atomic E-state index is 13.5. The number of benzene rings is 1. The van der Waals surface area contributed by atoms with E-state index in [1.807, 2.05) is 28.9 Å². The Labute approximate surface area is 216 Å². The average Bonchev–Trinajstić information content (AvgIpc) is 3.63. The highest BCUT2D eigenvalue weighted by Gasteiger charge is 2.35. The van der Waals surface area contributed by atoms with Crippen molar-refractivity contribution in [3.63, 3.8) is 0 Å². The number of hydrogen-bond donors (Lipinski definition) is 1. The van der Waals surface area contributed by atoms with Crippen LogP contribution in [0, 0.1) is 0 Å². The Morgan fingerprint density at radius 2 is 1.92 bits per heavy atom. The number of nitrogens with one attached hydrogen (secondary N) is 1. The fourth-order valence-electron chi connectivity index (χ4n) is 6.35. The third-order valence-corrected chi connectivity index (χ3v) is 8.39. The number of methoxy groups -OCH3 is 1. The van der Waals surface area contributed by atoms with Crippen molar-refractivity contribution >= 4 is 10.9 Å². The number of ether oxygens (including phenoxy) is 2. The molecule has 10 heteroatoms. The van der Waals surface area contributed by atoms with Gasteiger partial charge in [0.15, 0.2) is 5.82 Å². The van der Waals surface area contributed by atoms with Crippen LogP contribution in [0.2, 0.25) is 0 Å². The Kier molecular flexibility index (Phi) is 7.21. The monoisotopic (exact) mass is 507 g/mol. The van der Waals surface area contributed by atoms with Crippen molar-refractivity contribution in [1.82, 2.24) is 35.0 Å². The smallest absolute Gasteiger partial charge is 0.253 e. The quantitative estimate of drug-likeness (QED) is 0.521. The molecule has 2 atom stereocenters. The number of H-pyrrole nitrogens is 1. The standard InChI is InChI=1S/C27H37N7O3/c1-36-21-10-9-19-16-23(27(35)28-24(19)17-21)25(26-29-30-31-34(26)18-22-8-5-15-37-22)33-13-11-32(12-14-33)20-6-3-2-4-7-20/h9-10,16-17,20,22,25H,2-8,11-15,18H2,1H3,(H,28,35)/t22-,25-/m0/s1. The van der Waals surface area contributed by atoms with Crippen molar-refractivity contribution < 1.29 is 9.47 Å². The number of hydrogen-bond acceptors (Lipinski definition) is 8. The molecular weight excluding hydrogens is 470 g/mol. The minimum absolute atomic E-state index is 0.105. The van der Waals surface area contributed by atoms with Gasteiger partial charge >= 0.3 is 0 Å². The molecule has 3 aromatic rings. The van der Waals surface area contributed by atoms with E-state index in [1.54, 1.807) is 7.11 Å². The van der Waals surface area contributed by atoms with Gasteiger partial charge in [-0.3, -0.25) is 14.6 Å². The summed E-state index contributed by atoms with van der Waals surface area (Å²) in [6.45, 7) is 5.11. The predicted molar refractivity (Wildman–Crippen MR) is 140 cm³/mol. The fraction of sp³-hybridized carbons (Fsp3) is 0.630. The highest BCUT2D eigenvalue weighted by atomic mass is 16.5. The van der Waals surface area contributed by atoms with E-state index in [2.05, 4.69) is 30.3 Å². The molecule has 10 nitrogen and oxygen atoms in total. The minimum Gasteiger partial charge on any atom is -0.497 e. The zero-order valence-corrected chi connectivity index (χ0v) is 21.6. The molecule has 0 unspecified atom stereocenters.